The Bertz CT molecular complexity index is 955. The molecule has 2 atom stereocenters. The van der Waals surface area contributed by atoms with E-state index in [1.165, 1.54) is 12.1 Å². The van der Waals surface area contributed by atoms with E-state index in [2.05, 4.69) is 10.6 Å². The third-order valence-corrected chi connectivity index (χ3v) is 5.57. The van der Waals surface area contributed by atoms with Gasteiger partial charge in [0.25, 0.3) is 11.8 Å². The molecule has 0 aliphatic heterocycles. The minimum Gasteiger partial charge on any atom is -0.345 e. The van der Waals surface area contributed by atoms with Crippen LogP contribution in [-0.2, 0) is 0 Å². The molecule has 2 N–H and O–H groups in total. The molecular weight excluding hydrogens is 419 g/mol. The SMILES string of the molecule is CC(NC(=O)c1cc(Cl)c(Cl)cc1C(=O)NC(C)c1ccccc1)c1ccccc1. The maximum absolute atomic E-state index is 13.0. The Labute approximate surface area is 186 Å². The van der Waals surface area contributed by atoms with Crippen molar-refractivity contribution < 1.29 is 9.59 Å². The topological polar surface area (TPSA) is 58.2 Å². The molecule has 0 heterocycles. The fourth-order valence-corrected chi connectivity index (χ4v) is 3.45. The van der Waals surface area contributed by atoms with Gasteiger partial charge < -0.3 is 10.6 Å². The summed E-state index contributed by atoms with van der Waals surface area (Å²) < 4.78 is 0. The van der Waals surface area contributed by atoms with Crippen LogP contribution in [0.2, 0.25) is 10.0 Å². The Morgan fingerprint density at radius 3 is 1.33 bits per heavy atom. The Hall–Kier alpha value is -2.82. The monoisotopic (exact) mass is 440 g/mol. The van der Waals surface area contributed by atoms with Crippen LogP contribution in [0, 0.1) is 0 Å². The maximum atomic E-state index is 13.0. The molecule has 0 bridgehead atoms. The average Bonchev–Trinajstić information content (AvgIpc) is 2.76. The standard InChI is InChI=1S/C24H22Cl2N2O2/c1-15(17-9-5-3-6-10-17)27-23(29)19-13-21(25)22(26)14-20(19)24(30)28-16(2)18-11-7-4-8-12-18/h3-16H,1-2H3,(H,27,29)(H,28,30). The van der Waals surface area contributed by atoms with Crippen molar-refractivity contribution in [3.63, 3.8) is 0 Å². The highest BCUT2D eigenvalue weighted by Gasteiger charge is 2.22. The lowest BCUT2D eigenvalue weighted by Crippen LogP contribution is -2.32. The molecule has 6 heteroatoms. The van der Waals surface area contributed by atoms with Crippen molar-refractivity contribution in [1.82, 2.24) is 10.6 Å². The molecule has 0 radical (unpaired) electrons. The molecule has 2 unspecified atom stereocenters. The zero-order valence-corrected chi connectivity index (χ0v) is 18.2. The fraction of sp³-hybridized carbons (Fsp3) is 0.167. The van der Waals surface area contributed by atoms with Gasteiger partial charge in [-0.1, -0.05) is 83.9 Å². The summed E-state index contributed by atoms with van der Waals surface area (Å²) in [5.74, 6) is -0.801. The summed E-state index contributed by atoms with van der Waals surface area (Å²) >= 11 is 12.3. The van der Waals surface area contributed by atoms with E-state index in [0.717, 1.165) is 11.1 Å². The van der Waals surface area contributed by atoms with Crippen LogP contribution in [0.4, 0.5) is 0 Å². The zero-order valence-electron chi connectivity index (χ0n) is 16.7. The Morgan fingerprint density at radius 1 is 0.667 bits per heavy atom. The fourth-order valence-electron chi connectivity index (χ4n) is 3.12. The molecule has 0 saturated heterocycles. The van der Waals surface area contributed by atoms with E-state index >= 15 is 0 Å². The van der Waals surface area contributed by atoms with Crippen molar-refractivity contribution in [2.75, 3.05) is 0 Å². The highest BCUT2D eigenvalue weighted by molar-refractivity contribution is 6.42. The molecule has 0 fully saturated rings. The van der Waals surface area contributed by atoms with Gasteiger partial charge in [-0.2, -0.15) is 0 Å². The van der Waals surface area contributed by atoms with E-state index in [4.69, 9.17) is 23.2 Å². The van der Waals surface area contributed by atoms with E-state index in [1.807, 2.05) is 74.5 Å². The molecule has 154 valence electrons. The number of rotatable bonds is 6. The van der Waals surface area contributed by atoms with E-state index in [0.29, 0.717) is 0 Å². The predicted octanol–water partition coefficient (Wildman–Crippen LogP) is 5.98. The maximum Gasteiger partial charge on any atom is 0.252 e. The van der Waals surface area contributed by atoms with Crippen LogP contribution >= 0.6 is 23.2 Å². The summed E-state index contributed by atoms with van der Waals surface area (Å²) in [6.07, 6.45) is 0. The van der Waals surface area contributed by atoms with Crippen LogP contribution in [0.15, 0.2) is 72.8 Å². The van der Waals surface area contributed by atoms with Gasteiger partial charge in [0.1, 0.15) is 0 Å². The number of carbonyl (C=O) groups is 2. The van der Waals surface area contributed by atoms with Crippen LogP contribution in [0.1, 0.15) is 57.8 Å². The summed E-state index contributed by atoms with van der Waals surface area (Å²) in [5, 5.41) is 6.26. The summed E-state index contributed by atoms with van der Waals surface area (Å²) in [7, 11) is 0. The van der Waals surface area contributed by atoms with Crippen LogP contribution in [0.3, 0.4) is 0 Å². The van der Waals surface area contributed by atoms with Gasteiger partial charge in [-0.05, 0) is 37.1 Å². The molecule has 0 aliphatic rings. The van der Waals surface area contributed by atoms with Gasteiger partial charge in [0.15, 0.2) is 0 Å². The lowest BCUT2D eigenvalue weighted by molar-refractivity contribution is 0.0905. The lowest BCUT2D eigenvalue weighted by Gasteiger charge is -2.18. The third kappa shape index (κ3) is 5.21. The minimum absolute atomic E-state index is 0.171. The predicted molar refractivity (Wildman–Crippen MR) is 121 cm³/mol. The smallest absolute Gasteiger partial charge is 0.252 e. The molecule has 0 aromatic heterocycles. The van der Waals surface area contributed by atoms with Crippen molar-refractivity contribution in [2.45, 2.75) is 25.9 Å². The van der Waals surface area contributed by atoms with Gasteiger partial charge in [0, 0.05) is 0 Å². The van der Waals surface area contributed by atoms with Gasteiger partial charge >= 0.3 is 0 Å². The second-order valence-electron chi connectivity index (χ2n) is 7.02. The molecular formula is C24H22Cl2N2O2. The number of nitrogens with one attached hydrogen (secondary N) is 2. The first-order chi connectivity index (χ1) is 14.4. The number of amides is 2. The van der Waals surface area contributed by atoms with E-state index in [1.54, 1.807) is 0 Å². The number of hydrogen-bond acceptors (Lipinski definition) is 2. The molecule has 3 rings (SSSR count). The third-order valence-electron chi connectivity index (χ3n) is 4.84. The summed E-state index contributed by atoms with van der Waals surface area (Å²) in [4.78, 5) is 26.0. The molecule has 0 saturated carbocycles. The first-order valence-electron chi connectivity index (χ1n) is 9.57. The second kappa shape index (κ2) is 9.79. The molecule has 3 aromatic rings. The highest BCUT2D eigenvalue weighted by Crippen LogP contribution is 2.27. The van der Waals surface area contributed by atoms with Gasteiger partial charge in [-0.15, -0.1) is 0 Å². The van der Waals surface area contributed by atoms with Gasteiger partial charge in [-0.3, -0.25) is 9.59 Å². The number of benzene rings is 3. The van der Waals surface area contributed by atoms with Crippen LogP contribution < -0.4 is 10.6 Å². The average molecular weight is 441 g/mol. The largest absolute Gasteiger partial charge is 0.345 e. The van der Waals surface area contributed by atoms with Gasteiger partial charge in [0.05, 0.1) is 33.3 Å². The van der Waals surface area contributed by atoms with Crippen molar-refractivity contribution in [2.24, 2.45) is 0 Å². The second-order valence-corrected chi connectivity index (χ2v) is 7.84. The molecule has 0 spiro atoms. The van der Waals surface area contributed by atoms with Crippen molar-refractivity contribution in [3.8, 4) is 0 Å². The van der Waals surface area contributed by atoms with Gasteiger partial charge in [-0.25, -0.2) is 0 Å². The number of carbonyl (C=O) groups excluding carboxylic acids is 2. The van der Waals surface area contributed by atoms with Crippen molar-refractivity contribution in [1.29, 1.82) is 0 Å². The molecule has 30 heavy (non-hydrogen) atoms. The summed E-state index contributed by atoms with van der Waals surface area (Å²) in [6, 6.07) is 21.5. The minimum atomic E-state index is -0.401. The molecule has 3 aromatic carbocycles. The first kappa shape index (κ1) is 21.9. The number of halogens is 2. The van der Waals surface area contributed by atoms with E-state index in [-0.39, 0.29) is 33.3 Å². The molecule has 0 aliphatic carbocycles. The van der Waals surface area contributed by atoms with E-state index in [9.17, 15) is 9.59 Å². The van der Waals surface area contributed by atoms with Crippen molar-refractivity contribution in [3.05, 3.63) is 105 Å². The molecule has 2 amide bonds. The van der Waals surface area contributed by atoms with Crippen molar-refractivity contribution >= 4 is 35.0 Å². The zero-order chi connectivity index (χ0) is 21.7. The normalized spacial score (nSPS) is 12.7. The number of hydrogen-bond donors (Lipinski definition) is 2. The van der Waals surface area contributed by atoms with Gasteiger partial charge in [0.2, 0.25) is 0 Å². The van der Waals surface area contributed by atoms with Crippen LogP contribution in [-0.4, -0.2) is 11.8 Å². The van der Waals surface area contributed by atoms with E-state index < -0.39 is 11.8 Å². The Balaban J connectivity index is 1.85. The summed E-state index contributed by atoms with van der Waals surface area (Å²) in [6.45, 7) is 3.75. The quantitative estimate of drug-likeness (QED) is 0.495. The Kier molecular flexibility index (Phi) is 7.14. The highest BCUT2D eigenvalue weighted by atomic mass is 35.5. The first-order valence-corrected chi connectivity index (χ1v) is 10.3. The van der Waals surface area contributed by atoms with Crippen LogP contribution in [0.5, 0.6) is 0 Å². The Morgan fingerprint density at radius 2 is 1.00 bits per heavy atom. The summed E-state index contributed by atoms with van der Waals surface area (Å²) in [5.41, 5.74) is 2.25. The lowest BCUT2D eigenvalue weighted by atomic mass is 10.0. The molecule has 4 nitrogen and oxygen atoms in total. The van der Waals surface area contributed by atoms with Crippen LogP contribution in [0.25, 0.3) is 0 Å².